The van der Waals surface area contributed by atoms with Gasteiger partial charge in [0.15, 0.2) is 11.6 Å². The summed E-state index contributed by atoms with van der Waals surface area (Å²) < 4.78 is 62.9. The van der Waals surface area contributed by atoms with E-state index in [0.717, 1.165) is 23.2 Å². The van der Waals surface area contributed by atoms with Crippen molar-refractivity contribution in [1.82, 2.24) is 9.36 Å². The summed E-state index contributed by atoms with van der Waals surface area (Å²) in [5, 5.41) is 0.0734. The summed E-state index contributed by atoms with van der Waals surface area (Å²) in [6, 6.07) is 7.96. The van der Waals surface area contributed by atoms with Crippen LogP contribution < -0.4 is 9.46 Å². The van der Waals surface area contributed by atoms with Crippen LogP contribution in [0.1, 0.15) is 11.1 Å². The molecule has 1 N–H and O–H groups in total. The highest BCUT2D eigenvalue weighted by atomic mass is 32.2. The first kappa shape index (κ1) is 18.2. The molecule has 0 atom stereocenters. The van der Waals surface area contributed by atoms with Gasteiger partial charge in [0.25, 0.3) is 10.0 Å². The summed E-state index contributed by atoms with van der Waals surface area (Å²) >= 11 is 0.858. The molecular weight excluding hydrogens is 384 g/mol. The Balaban J connectivity index is 1.85. The van der Waals surface area contributed by atoms with Gasteiger partial charge in [0.2, 0.25) is 5.13 Å². The lowest BCUT2D eigenvalue weighted by Gasteiger charge is -2.10. The zero-order valence-electron chi connectivity index (χ0n) is 13.4. The second kappa shape index (κ2) is 7.34. The second-order valence-electron chi connectivity index (χ2n) is 5.33. The zero-order chi connectivity index (χ0) is 18.7. The molecule has 0 aliphatic carbocycles. The van der Waals surface area contributed by atoms with Gasteiger partial charge < -0.3 is 4.74 Å². The number of aryl methyl sites for hydroxylation is 1. The van der Waals surface area contributed by atoms with Crippen LogP contribution in [-0.4, -0.2) is 17.8 Å². The highest BCUT2D eigenvalue weighted by Gasteiger charge is 2.18. The smallest absolute Gasteiger partial charge is 0.263 e. The van der Waals surface area contributed by atoms with E-state index in [2.05, 4.69) is 14.1 Å². The molecule has 0 fully saturated rings. The summed E-state index contributed by atoms with van der Waals surface area (Å²) in [5.41, 5.74) is 1.16. The van der Waals surface area contributed by atoms with E-state index in [0.29, 0.717) is 5.56 Å². The fourth-order valence-corrected chi connectivity index (χ4v) is 3.88. The Kier molecular flexibility index (Phi) is 5.14. The third kappa shape index (κ3) is 4.14. The number of nitrogens with one attached hydrogen (secondary N) is 1. The first-order chi connectivity index (χ1) is 12.4. The highest BCUT2D eigenvalue weighted by molar-refractivity contribution is 7.93. The molecule has 0 bridgehead atoms. The van der Waals surface area contributed by atoms with Gasteiger partial charge >= 0.3 is 0 Å². The van der Waals surface area contributed by atoms with E-state index in [1.54, 1.807) is 19.1 Å². The fraction of sp³-hybridized carbons (Fsp3) is 0.125. The standard InChI is InChI=1S/C16H13F2N3O3S2/c1-10-4-11(8-17)6-12(5-10)24-15-3-2-13(7-14(15)18)26(22,23)21-16-19-9-20-25-16/h2-7,9H,8H2,1H3,(H,19,20,21). The molecular formula is C16H13F2N3O3S2. The number of nitrogens with zero attached hydrogens (tertiary/aromatic N) is 2. The largest absolute Gasteiger partial charge is 0.454 e. The van der Waals surface area contributed by atoms with Crippen LogP contribution in [0.15, 0.2) is 47.6 Å². The third-order valence-electron chi connectivity index (χ3n) is 3.29. The molecule has 26 heavy (non-hydrogen) atoms. The number of halogens is 2. The normalized spacial score (nSPS) is 11.3. The number of hydrogen-bond acceptors (Lipinski definition) is 6. The summed E-state index contributed by atoms with van der Waals surface area (Å²) in [6.45, 7) is 1.09. The molecule has 1 aromatic heterocycles. The van der Waals surface area contributed by atoms with E-state index in [9.17, 15) is 17.2 Å². The molecule has 0 aliphatic rings. The minimum atomic E-state index is -4.00. The van der Waals surface area contributed by atoms with Crippen molar-refractivity contribution >= 4 is 26.7 Å². The van der Waals surface area contributed by atoms with Crippen LogP contribution in [0.4, 0.5) is 13.9 Å². The van der Waals surface area contributed by atoms with Crippen LogP contribution in [0, 0.1) is 12.7 Å². The van der Waals surface area contributed by atoms with Gasteiger partial charge in [0.05, 0.1) is 4.90 Å². The number of sulfonamides is 1. The Bertz CT molecular complexity index is 1030. The van der Waals surface area contributed by atoms with E-state index in [4.69, 9.17) is 4.74 Å². The molecule has 0 saturated heterocycles. The van der Waals surface area contributed by atoms with E-state index in [1.807, 2.05) is 0 Å². The summed E-state index contributed by atoms with van der Waals surface area (Å²) in [7, 11) is -4.00. The summed E-state index contributed by atoms with van der Waals surface area (Å²) in [6.07, 6.45) is 1.20. The van der Waals surface area contributed by atoms with Crippen molar-refractivity contribution in [2.75, 3.05) is 4.72 Å². The van der Waals surface area contributed by atoms with Crippen molar-refractivity contribution in [3.05, 3.63) is 59.7 Å². The van der Waals surface area contributed by atoms with Crippen molar-refractivity contribution in [3.8, 4) is 11.5 Å². The quantitative estimate of drug-likeness (QED) is 0.679. The molecule has 136 valence electrons. The minimum Gasteiger partial charge on any atom is -0.454 e. The molecule has 0 spiro atoms. The maximum atomic E-state index is 14.3. The van der Waals surface area contributed by atoms with Gasteiger partial charge in [0, 0.05) is 11.5 Å². The number of rotatable bonds is 6. The molecule has 10 heteroatoms. The number of aromatic nitrogens is 2. The maximum absolute atomic E-state index is 14.3. The average Bonchev–Trinajstić information content (AvgIpc) is 3.08. The minimum absolute atomic E-state index is 0.0734. The van der Waals surface area contributed by atoms with E-state index >= 15 is 0 Å². The Labute approximate surface area is 152 Å². The number of anilines is 1. The van der Waals surface area contributed by atoms with Gasteiger partial charge in [0.1, 0.15) is 18.8 Å². The predicted molar refractivity (Wildman–Crippen MR) is 93.2 cm³/mol. The molecule has 6 nitrogen and oxygen atoms in total. The molecule has 2 aromatic carbocycles. The van der Waals surface area contributed by atoms with Gasteiger partial charge in [-0.15, -0.1) is 0 Å². The number of benzene rings is 2. The molecule has 0 radical (unpaired) electrons. The summed E-state index contributed by atoms with van der Waals surface area (Å²) in [4.78, 5) is 3.43. The van der Waals surface area contributed by atoms with E-state index < -0.39 is 22.5 Å². The molecule has 0 unspecified atom stereocenters. The van der Waals surface area contributed by atoms with Gasteiger partial charge in [-0.25, -0.2) is 22.2 Å². The Hall–Kier alpha value is -2.59. The van der Waals surface area contributed by atoms with Crippen molar-refractivity contribution in [3.63, 3.8) is 0 Å². The van der Waals surface area contributed by atoms with Crippen LogP contribution >= 0.6 is 11.5 Å². The molecule has 1 heterocycles. The first-order valence-electron chi connectivity index (χ1n) is 7.31. The van der Waals surface area contributed by atoms with Gasteiger partial charge in [-0.2, -0.15) is 4.37 Å². The van der Waals surface area contributed by atoms with E-state index in [1.165, 1.54) is 24.5 Å². The average molecular weight is 397 g/mol. The lowest BCUT2D eigenvalue weighted by Crippen LogP contribution is -2.13. The van der Waals surface area contributed by atoms with Crippen LogP contribution in [0.5, 0.6) is 11.5 Å². The molecule has 0 saturated carbocycles. The monoisotopic (exact) mass is 397 g/mol. The Morgan fingerprint density at radius 2 is 2.04 bits per heavy atom. The Morgan fingerprint density at radius 1 is 1.23 bits per heavy atom. The third-order valence-corrected chi connectivity index (χ3v) is 5.34. The van der Waals surface area contributed by atoms with Gasteiger partial charge in [-0.3, -0.25) is 4.72 Å². The molecule has 0 amide bonds. The molecule has 3 aromatic rings. The van der Waals surface area contributed by atoms with Gasteiger partial charge in [-0.05, 0) is 48.4 Å². The Morgan fingerprint density at radius 3 is 2.69 bits per heavy atom. The first-order valence-corrected chi connectivity index (χ1v) is 9.56. The number of ether oxygens (including phenoxy) is 1. The van der Waals surface area contributed by atoms with Crippen molar-refractivity contribution in [1.29, 1.82) is 0 Å². The summed E-state index contributed by atoms with van der Waals surface area (Å²) in [5.74, 6) is -0.775. The molecule has 0 aliphatic heterocycles. The fourth-order valence-electron chi connectivity index (χ4n) is 2.21. The highest BCUT2D eigenvalue weighted by Crippen LogP contribution is 2.29. The van der Waals surface area contributed by atoms with Gasteiger partial charge in [-0.1, -0.05) is 6.07 Å². The topological polar surface area (TPSA) is 81.2 Å². The number of alkyl halides is 1. The van der Waals surface area contributed by atoms with E-state index in [-0.39, 0.29) is 21.5 Å². The van der Waals surface area contributed by atoms with Crippen molar-refractivity contribution in [2.45, 2.75) is 18.5 Å². The molecule has 3 rings (SSSR count). The lowest BCUT2D eigenvalue weighted by molar-refractivity contribution is 0.436. The van der Waals surface area contributed by atoms with Crippen molar-refractivity contribution in [2.24, 2.45) is 0 Å². The second-order valence-corrected chi connectivity index (χ2v) is 7.80. The predicted octanol–water partition coefficient (Wildman–Crippen LogP) is 4.05. The van der Waals surface area contributed by atoms with Crippen LogP contribution in [0.3, 0.4) is 0 Å². The van der Waals surface area contributed by atoms with Crippen LogP contribution in [-0.2, 0) is 16.7 Å². The van der Waals surface area contributed by atoms with Crippen molar-refractivity contribution < 1.29 is 21.9 Å². The lowest BCUT2D eigenvalue weighted by atomic mass is 10.1. The number of hydrogen-bond donors (Lipinski definition) is 1. The zero-order valence-corrected chi connectivity index (χ0v) is 15.1. The van der Waals surface area contributed by atoms with Crippen LogP contribution in [0.2, 0.25) is 0 Å². The SMILES string of the molecule is Cc1cc(CF)cc(Oc2ccc(S(=O)(=O)Nc3ncns3)cc2F)c1. The maximum Gasteiger partial charge on any atom is 0.263 e. The van der Waals surface area contributed by atoms with Crippen LogP contribution in [0.25, 0.3) is 0 Å².